The Balaban J connectivity index is 2.28. The topological polar surface area (TPSA) is 56.2 Å². The second kappa shape index (κ2) is 3.99. The van der Waals surface area contributed by atoms with E-state index in [1.165, 1.54) is 0 Å². The highest BCUT2D eigenvalue weighted by Crippen LogP contribution is 2.27. The molecule has 3 aromatic rings. The molecule has 5 heteroatoms. The van der Waals surface area contributed by atoms with Crippen LogP contribution in [0.5, 0.6) is 0 Å². The summed E-state index contributed by atoms with van der Waals surface area (Å²) in [5, 5.41) is 8.95. The normalized spacial score (nSPS) is 11.0. The van der Waals surface area contributed by atoms with Crippen molar-refractivity contribution in [1.29, 1.82) is 0 Å². The van der Waals surface area contributed by atoms with Gasteiger partial charge in [0.05, 0.1) is 0 Å². The number of hydrogen-bond acceptors (Lipinski definition) is 3. The summed E-state index contributed by atoms with van der Waals surface area (Å²) >= 11 is 6.00. The predicted octanol–water partition coefficient (Wildman–Crippen LogP) is 2.94. The number of halogens is 1. The Morgan fingerprint density at radius 3 is 2.83 bits per heavy atom. The SMILES string of the molecule is Cc1ccn2c(-c3cc(Cl)ccc3N)nnc2c1. The van der Waals surface area contributed by atoms with E-state index in [0.29, 0.717) is 16.5 Å². The van der Waals surface area contributed by atoms with Gasteiger partial charge in [0.15, 0.2) is 11.5 Å². The molecule has 3 rings (SSSR count). The van der Waals surface area contributed by atoms with Crippen LogP contribution >= 0.6 is 11.6 Å². The zero-order valence-corrected chi connectivity index (χ0v) is 10.5. The third-order valence-electron chi connectivity index (χ3n) is 2.82. The number of pyridine rings is 1. The Bertz CT molecular complexity index is 733. The molecule has 0 aliphatic rings. The smallest absolute Gasteiger partial charge is 0.170 e. The number of rotatable bonds is 1. The van der Waals surface area contributed by atoms with Crippen molar-refractivity contribution in [1.82, 2.24) is 14.6 Å². The first-order valence-electron chi connectivity index (χ1n) is 5.52. The molecule has 4 nitrogen and oxygen atoms in total. The van der Waals surface area contributed by atoms with E-state index in [2.05, 4.69) is 10.2 Å². The number of aryl methyl sites for hydroxylation is 1. The summed E-state index contributed by atoms with van der Waals surface area (Å²) in [6, 6.07) is 9.30. The van der Waals surface area contributed by atoms with Gasteiger partial charge in [-0.05, 0) is 42.8 Å². The van der Waals surface area contributed by atoms with E-state index in [9.17, 15) is 0 Å². The monoisotopic (exact) mass is 258 g/mol. The van der Waals surface area contributed by atoms with Gasteiger partial charge in [0.2, 0.25) is 0 Å². The van der Waals surface area contributed by atoms with Crippen LogP contribution in [0, 0.1) is 6.92 Å². The van der Waals surface area contributed by atoms with Gasteiger partial charge in [0, 0.05) is 22.5 Å². The molecule has 0 bridgehead atoms. The van der Waals surface area contributed by atoms with Crippen molar-refractivity contribution in [3.63, 3.8) is 0 Å². The quantitative estimate of drug-likeness (QED) is 0.683. The van der Waals surface area contributed by atoms with Crippen LogP contribution in [0.4, 0.5) is 5.69 Å². The molecule has 0 spiro atoms. The van der Waals surface area contributed by atoms with Crippen LogP contribution in [0.3, 0.4) is 0 Å². The molecular formula is C13H11ClN4. The van der Waals surface area contributed by atoms with Crippen LogP contribution in [0.2, 0.25) is 5.02 Å². The third-order valence-corrected chi connectivity index (χ3v) is 3.06. The molecular weight excluding hydrogens is 248 g/mol. The molecule has 0 aliphatic carbocycles. The highest BCUT2D eigenvalue weighted by Gasteiger charge is 2.11. The van der Waals surface area contributed by atoms with E-state index in [-0.39, 0.29) is 0 Å². The van der Waals surface area contributed by atoms with Gasteiger partial charge in [-0.1, -0.05) is 11.6 Å². The van der Waals surface area contributed by atoms with E-state index in [0.717, 1.165) is 16.8 Å². The van der Waals surface area contributed by atoms with Crippen molar-refractivity contribution in [2.45, 2.75) is 6.92 Å². The molecule has 2 N–H and O–H groups in total. The van der Waals surface area contributed by atoms with Crippen molar-refractivity contribution < 1.29 is 0 Å². The number of benzene rings is 1. The predicted molar refractivity (Wildman–Crippen MR) is 72.6 cm³/mol. The zero-order valence-electron chi connectivity index (χ0n) is 9.76. The average Bonchev–Trinajstić information content (AvgIpc) is 2.75. The lowest BCUT2D eigenvalue weighted by molar-refractivity contribution is 1.11. The lowest BCUT2D eigenvalue weighted by Gasteiger charge is -2.04. The van der Waals surface area contributed by atoms with Crippen LogP contribution in [0.15, 0.2) is 36.5 Å². The fourth-order valence-electron chi connectivity index (χ4n) is 1.90. The van der Waals surface area contributed by atoms with Gasteiger partial charge in [-0.15, -0.1) is 10.2 Å². The van der Waals surface area contributed by atoms with Gasteiger partial charge < -0.3 is 5.73 Å². The lowest BCUT2D eigenvalue weighted by atomic mass is 10.1. The maximum atomic E-state index is 6.00. The number of nitrogens with zero attached hydrogens (tertiary/aromatic N) is 3. The molecule has 1 aromatic carbocycles. The first-order chi connectivity index (χ1) is 8.65. The summed E-state index contributed by atoms with van der Waals surface area (Å²) < 4.78 is 1.90. The van der Waals surface area contributed by atoms with Crippen LogP contribution in [-0.2, 0) is 0 Å². The van der Waals surface area contributed by atoms with Crippen LogP contribution < -0.4 is 5.73 Å². The maximum Gasteiger partial charge on any atom is 0.170 e. The molecule has 0 fully saturated rings. The summed E-state index contributed by atoms with van der Waals surface area (Å²) in [7, 11) is 0. The first-order valence-corrected chi connectivity index (χ1v) is 5.90. The first kappa shape index (κ1) is 11.0. The number of fused-ring (bicyclic) bond motifs is 1. The molecule has 0 radical (unpaired) electrons. The number of hydrogen-bond donors (Lipinski definition) is 1. The average molecular weight is 259 g/mol. The molecule has 0 aliphatic heterocycles. The van der Waals surface area contributed by atoms with Gasteiger partial charge in [-0.2, -0.15) is 0 Å². The molecule has 2 aromatic heterocycles. The minimum absolute atomic E-state index is 0.628. The molecule has 0 unspecified atom stereocenters. The van der Waals surface area contributed by atoms with E-state index < -0.39 is 0 Å². The van der Waals surface area contributed by atoms with Crippen molar-refractivity contribution >= 4 is 22.9 Å². The second-order valence-electron chi connectivity index (χ2n) is 4.19. The Labute approximate surface area is 109 Å². The summed E-state index contributed by atoms with van der Waals surface area (Å²) in [5.74, 6) is 0.699. The van der Waals surface area contributed by atoms with Gasteiger partial charge in [-0.3, -0.25) is 4.40 Å². The number of anilines is 1. The van der Waals surface area contributed by atoms with Crippen molar-refractivity contribution in [2.75, 3.05) is 5.73 Å². The maximum absolute atomic E-state index is 6.00. The molecule has 2 heterocycles. The van der Waals surface area contributed by atoms with E-state index >= 15 is 0 Å². The number of aromatic nitrogens is 3. The van der Waals surface area contributed by atoms with Crippen LogP contribution in [0.25, 0.3) is 17.0 Å². The Morgan fingerprint density at radius 2 is 2.00 bits per heavy atom. The molecule has 0 saturated carbocycles. The van der Waals surface area contributed by atoms with E-state index in [1.54, 1.807) is 18.2 Å². The minimum atomic E-state index is 0.628. The van der Waals surface area contributed by atoms with Gasteiger partial charge in [0.1, 0.15) is 0 Å². The Hall–Kier alpha value is -2.07. The third kappa shape index (κ3) is 1.71. The van der Waals surface area contributed by atoms with Gasteiger partial charge >= 0.3 is 0 Å². The van der Waals surface area contributed by atoms with Crippen molar-refractivity contribution in [3.05, 3.63) is 47.1 Å². The highest BCUT2D eigenvalue weighted by molar-refractivity contribution is 6.31. The summed E-state index contributed by atoms with van der Waals surface area (Å²) in [6.07, 6.45) is 1.93. The van der Waals surface area contributed by atoms with E-state index in [4.69, 9.17) is 17.3 Å². The Kier molecular flexibility index (Phi) is 2.45. The van der Waals surface area contributed by atoms with Gasteiger partial charge in [-0.25, -0.2) is 0 Å². The zero-order chi connectivity index (χ0) is 12.7. The summed E-state index contributed by atoms with van der Waals surface area (Å²) in [6.45, 7) is 2.02. The molecule has 0 saturated heterocycles. The lowest BCUT2D eigenvalue weighted by Crippen LogP contribution is -1.94. The molecule has 18 heavy (non-hydrogen) atoms. The van der Waals surface area contributed by atoms with Crippen molar-refractivity contribution in [2.24, 2.45) is 0 Å². The Morgan fingerprint density at radius 1 is 1.17 bits per heavy atom. The van der Waals surface area contributed by atoms with E-state index in [1.807, 2.05) is 29.7 Å². The fraction of sp³-hybridized carbons (Fsp3) is 0.0769. The second-order valence-corrected chi connectivity index (χ2v) is 4.62. The molecule has 90 valence electrons. The largest absolute Gasteiger partial charge is 0.398 e. The number of nitrogens with two attached hydrogens (primary N) is 1. The van der Waals surface area contributed by atoms with Crippen LogP contribution in [-0.4, -0.2) is 14.6 Å². The minimum Gasteiger partial charge on any atom is -0.398 e. The number of nitrogen functional groups attached to an aromatic ring is 1. The van der Waals surface area contributed by atoms with Crippen molar-refractivity contribution in [3.8, 4) is 11.4 Å². The summed E-state index contributed by atoms with van der Waals surface area (Å²) in [4.78, 5) is 0. The fourth-order valence-corrected chi connectivity index (χ4v) is 2.07. The summed E-state index contributed by atoms with van der Waals surface area (Å²) in [5.41, 5.74) is 9.32. The van der Waals surface area contributed by atoms with Gasteiger partial charge in [0.25, 0.3) is 0 Å². The molecule has 0 atom stereocenters. The molecule has 0 amide bonds. The van der Waals surface area contributed by atoms with Crippen LogP contribution in [0.1, 0.15) is 5.56 Å². The standard InChI is InChI=1S/C13H11ClN4/c1-8-4-5-18-12(6-8)16-17-13(18)10-7-9(14)2-3-11(10)15/h2-7H,15H2,1H3. The highest BCUT2D eigenvalue weighted by atomic mass is 35.5.